The maximum absolute atomic E-state index is 14.1. The first-order chi connectivity index (χ1) is 17.3. The molecule has 2 fully saturated rings. The predicted molar refractivity (Wildman–Crippen MR) is 127 cm³/mol. The molecule has 1 saturated heterocycles. The van der Waals surface area contributed by atoms with Gasteiger partial charge >= 0.3 is 5.97 Å². The molecule has 7 nitrogen and oxygen atoms in total. The first-order valence-corrected chi connectivity index (χ1v) is 12.1. The zero-order chi connectivity index (χ0) is 25.7. The second-order valence-electron chi connectivity index (χ2n) is 9.39. The van der Waals surface area contributed by atoms with Gasteiger partial charge < -0.3 is 19.7 Å². The van der Waals surface area contributed by atoms with Gasteiger partial charge in [-0.3, -0.25) is 9.59 Å². The van der Waals surface area contributed by atoms with Crippen molar-refractivity contribution < 1.29 is 32.6 Å². The van der Waals surface area contributed by atoms with Gasteiger partial charge in [0.25, 0.3) is 0 Å². The van der Waals surface area contributed by atoms with E-state index in [9.17, 15) is 23.2 Å². The lowest BCUT2D eigenvalue weighted by molar-refractivity contribution is -0.149. The van der Waals surface area contributed by atoms with Crippen LogP contribution in [0, 0.1) is 17.6 Å². The number of likely N-dealkylation sites (tertiary alicyclic amines) is 1. The third-order valence-corrected chi connectivity index (χ3v) is 6.65. The van der Waals surface area contributed by atoms with Crippen LogP contribution in [-0.4, -0.2) is 41.9 Å². The number of benzene rings is 2. The van der Waals surface area contributed by atoms with Crippen molar-refractivity contribution in [3.05, 3.63) is 65.2 Å². The maximum Gasteiger partial charge on any atom is 0.328 e. The average molecular weight is 501 g/mol. The number of hydrogen-bond acceptors (Lipinski definition) is 5. The highest BCUT2D eigenvalue weighted by Crippen LogP contribution is 2.34. The van der Waals surface area contributed by atoms with Crippen molar-refractivity contribution in [2.75, 3.05) is 7.11 Å². The minimum Gasteiger partial charge on any atom is -0.497 e. The van der Waals surface area contributed by atoms with E-state index in [2.05, 4.69) is 5.32 Å². The summed E-state index contributed by atoms with van der Waals surface area (Å²) >= 11 is 0. The van der Waals surface area contributed by atoms with E-state index in [0.717, 1.165) is 24.5 Å². The molecular formula is C27H30F2N2O5. The second-order valence-corrected chi connectivity index (χ2v) is 9.39. The molecule has 1 aliphatic heterocycles. The lowest BCUT2D eigenvalue weighted by Gasteiger charge is -2.26. The molecule has 0 radical (unpaired) electrons. The van der Waals surface area contributed by atoms with Gasteiger partial charge in [0.2, 0.25) is 11.8 Å². The number of nitrogens with one attached hydrogen (secondary N) is 1. The molecule has 2 aromatic carbocycles. The molecule has 1 aliphatic carbocycles. The summed E-state index contributed by atoms with van der Waals surface area (Å²) in [6, 6.07) is 9.75. The minimum atomic E-state index is -0.997. The molecule has 0 spiro atoms. The van der Waals surface area contributed by atoms with Gasteiger partial charge in [-0.2, -0.15) is 0 Å². The molecule has 0 unspecified atom stereocenters. The molecular weight excluding hydrogens is 470 g/mol. The van der Waals surface area contributed by atoms with E-state index in [0.29, 0.717) is 24.5 Å². The number of carbonyl (C=O) groups is 3. The Hall–Kier alpha value is -3.49. The van der Waals surface area contributed by atoms with Crippen LogP contribution in [0.1, 0.15) is 49.7 Å². The van der Waals surface area contributed by atoms with Crippen LogP contribution in [0.3, 0.4) is 0 Å². The van der Waals surface area contributed by atoms with Crippen molar-refractivity contribution in [1.82, 2.24) is 10.2 Å². The van der Waals surface area contributed by atoms with E-state index < -0.39 is 29.7 Å². The molecule has 9 heteroatoms. The van der Waals surface area contributed by atoms with Crippen LogP contribution >= 0.6 is 0 Å². The molecule has 0 bridgehead atoms. The maximum atomic E-state index is 14.1. The third-order valence-electron chi connectivity index (χ3n) is 6.65. The standard InChI is InChI=1S/C27H30F2N2O5/c1-35-21-6-2-4-18(12-21)16-36-27(34)23(13-17-8-9-17)30-24(32)14-20-10-11-25(33)31(20)15-19-5-3-7-22(28)26(19)29/h2-7,12,17,20,23H,8-11,13-16H2,1H3,(H,30,32)/t20-,23-/m0/s1. The Morgan fingerprint density at radius 1 is 1.14 bits per heavy atom. The van der Waals surface area contributed by atoms with E-state index in [1.54, 1.807) is 25.3 Å². The summed E-state index contributed by atoms with van der Waals surface area (Å²) in [6.07, 6.45) is 3.11. The minimum absolute atomic E-state index is 0.0347. The van der Waals surface area contributed by atoms with E-state index in [-0.39, 0.29) is 43.4 Å². The van der Waals surface area contributed by atoms with E-state index in [4.69, 9.17) is 9.47 Å². The lowest BCUT2D eigenvalue weighted by atomic mass is 10.1. The molecule has 36 heavy (non-hydrogen) atoms. The first-order valence-electron chi connectivity index (χ1n) is 12.1. The molecule has 1 heterocycles. The number of amides is 2. The fourth-order valence-electron chi connectivity index (χ4n) is 4.46. The highest BCUT2D eigenvalue weighted by Gasteiger charge is 2.35. The molecule has 1 N–H and O–H groups in total. The number of carbonyl (C=O) groups excluding carboxylic acids is 3. The Morgan fingerprint density at radius 2 is 1.92 bits per heavy atom. The van der Waals surface area contributed by atoms with Crippen LogP contribution in [0.2, 0.25) is 0 Å². The molecule has 2 aromatic rings. The van der Waals surface area contributed by atoms with Crippen molar-refractivity contribution in [2.24, 2.45) is 5.92 Å². The fraction of sp³-hybridized carbons (Fsp3) is 0.444. The third kappa shape index (κ3) is 6.59. The number of nitrogens with zero attached hydrogens (tertiary/aromatic N) is 1. The van der Waals surface area contributed by atoms with Gasteiger partial charge in [-0.15, -0.1) is 0 Å². The number of methoxy groups -OCH3 is 1. The van der Waals surface area contributed by atoms with E-state index in [1.165, 1.54) is 17.0 Å². The molecule has 2 aliphatic rings. The van der Waals surface area contributed by atoms with Gasteiger partial charge in [-0.25, -0.2) is 13.6 Å². The fourth-order valence-corrected chi connectivity index (χ4v) is 4.46. The molecule has 192 valence electrons. The van der Waals surface area contributed by atoms with Crippen LogP contribution in [0.25, 0.3) is 0 Å². The monoisotopic (exact) mass is 500 g/mol. The highest BCUT2D eigenvalue weighted by atomic mass is 19.2. The molecule has 2 atom stereocenters. The summed E-state index contributed by atoms with van der Waals surface area (Å²) in [7, 11) is 1.56. The average Bonchev–Trinajstić information content (AvgIpc) is 3.63. The summed E-state index contributed by atoms with van der Waals surface area (Å²) < 4.78 is 38.4. The van der Waals surface area contributed by atoms with Crippen molar-refractivity contribution in [1.29, 1.82) is 0 Å². The van der Waals surface area contributed by atoms with Crippen LogP contribution in [0.5, 0.6) is 5.75 Å². The van der Waals surface area contributed by atoms with Gasteiger partial charge in [-0.1, -0.05) is 37.1 Å². The van der Waals surface area contributed by atoms with Crippen LogP contribution < -0.4 is 10.1 Å². The topological polar surface area (TPSA) is 84.9 Å². The highest BCUT2D eigenvalue weighted by molar-refractivity contribution is 5.86. The van der Waals surface area contributed by atoms with E-state index in [1.807, 2.05) is 6.07 Å². The summed E-state index contributed by atoms with van der Waals surface area (Å²) in [6.45, 7) is -0.0639. The Morgan fingerprint density at radius 3 is 2.67 bits per heavy atom. The summed E-state index contributed by atoms with van der Waals surface area (Å²) in [5, 5.41) is 2.78. The summed E-state index contributed by atoms with van der Waals surface area (Å²) in [5.74, 6) is -2.08. The van der Waals surface area contributed by atoms with Gasteiger partial charge in [-0.05, 0) is 42.5 Å². The van der Waals surface area contributed by atoms with Gasteiger partial charge in [0.05, 0.1) is 7.11 Å². The Bertz CT molecular complexity index is 1120. The number of rotatable bonds is 11. The zero-order valence-corrected chi connectivity index (χ0v) is 20.2. The van der Waals surface area contributed by atoms with Gasteiger partial charge in [0.1, 0.15) is 18.4 Å². The Balaban J connectivity index is 1.35. The van der Waals surface area contributed by atoms with Crippen LogP contribution in [0.15, 0.2) is 42.5 Å². The number of esters is 1. The summed E-state index contributed by atoms with van der Waals surface area (Å²) in [4.78, 5) is 39.5. The van der Waals surface area contributed by atoms with Crippen LogP contribution in [0.4, 0.5) is 8.78 Å². The predicted octanol–water partition coefficient (Wildman–Crippen LogP) is 3.88. The second kappa shape index (κ2) is 11.5. The van der Waals surface area contributed by atoms with Gasteiger partial charge in [0.15, 0.2) is 11.6 Å². The van der Waals surface area contributed by atoms with Crippen molar-refractivity contribution in [3.63, 3.8) is 0 Å². The molecule has 4 rings (SSSR count). The SMILES string of the molecule is COc1cccc(COC(=O)[C@H](CC2CC2)NC(=O)C[C@@H]2CCC(=O)N2Cc2cccc(F)c2F)c1. The smallest absolute Gasteiger partial charge is 0.328 e. The normalized spacial score (nSPS) is 18.1. The Kier molecular flexibility index (Phi) is 8.18. The molecule has 2 amide bonds. The number of halogens is 2. The number of ether oxygens (including phenoxy) is 2. The van der Waals surface area contributed by atoms with E-state index >= 15 is 0 Å². The summed E-state index contributed by atoms with van der Waals surface area (Å²) in [5.41, 5.74) is 0.826. The zero-order valence-electron chi connectivity index (χ0n) is 20.2. The largest absolute Gasteiger partial charge is 0.497 e. The molecule has 0 aromatic heterocycles. The Labute approximate surface area is 208 Å². The quantitative estimate of drug-likeness (QED) is 0.474. The van der Waals surface area contributed by atoms with Crippen molar-refractivity contribution >= 4 is 17.8 Å². The lowest BCUT2D eigenvalue weighted by Crippen LogP contribution is -2.44. The van der Waals surface area contributed by atoms with Crippen molar-refractivity contribution in [2.45, 2.75) is 63.8 Å². The van der Waals surface area contributed by atoms with Gasteiger partial charge in [0, 0.05) is 31.0 Å². The van der Waals surface area contributed by atoms with Crippen molar-refractivity contribution in [3.8, 4) is 5.75 Å². The number of hydrogen-bond donors (Lipinski definition) is 1. The first kappa shape index (κ1) is 25.6. The van der Waals surface area contributed by atoms with Crippen LogP contribution in [-0.2, 0) is 32.3 Å². The molecule has 1 saturated carbocycles.